The molecule has 35 heavy (non-hydrogen) atoms. The summed E-state index contributed by atoms with van der Waals surface area (Å²) in [4.78, 5) is 11.4. The Hall–Kier alpha value is -2.09. The van der Waals surface area contributed by atoms with Crippen LogP contribution >= 0.6 is 0 Å². The van der Waals surface area contributed by atoms with Crippen LogP contribution in [0.15, 0.2) is 11.6 Å². The highest BCUT2D eigenvalue weighted by Gasteiger charge is 2.47. The SMILES string of the molecule is CC(=O)O[C@H]1[C@H](O)[C@H](O)[C@@H](Oc2c(O)c(C)c3c4c2[C@H](C)CC[C@@H]4[C@@H](C)C[C@@H]3C=C(C)C)O[C@@H]1C. The fourth-order valence-electron chi connectivity index (χ4n) is 6.48. The second-order valence-electron chi connectivity index (χ2n) is 11.1. The average molecular weight is 489 g/mol. The van der Waals surface area contributed by atoms with E-state index in [9.17, 15) is 20.1 Å². The predicted octanol–water partition coefficient (Wildman–Crippen LogP) is 4.55. The van der Waals surface area contributed by atoms with Crippen molar-refractivity contribution < 1.29 is 34.3 Å². The number of allylic oxidation sites excluding steroid dienone is 2. The fourth-order valence-corrected chi connectivity index (χ4v) is 6.48. The van der Waals surface area contributed by atoms with Crippen LogP contribution in [-0.4, -0.2) is 52.0 Å². The summed E-state index contributed by atoms with van der Waals surface area (Å²) in [6, 6.07) is 0. The van der Waals surface area contributed by atoms with Crippen LogP contribution < -0.4 is 4.74 Å². The van der Waals surface area contributed by atoms with E-state index < -0.39 is 36.7 Å². The number of rotatable bonds is 4. The van der Waals surface area contributed by atoms with Gasteiger partial charge in [-0.2, -0.15) is 0 Å². The second kappa shape index (κ2) is 9.75. The summed E-state index contributed by atoms with van der Waals surface area (Å²) >= 11 is 0. The van der Waals surface area contributed by atoms with Crippen LogP contribution in [0.3, 0.4) is 0 Å². The molecule has 1 aromatic rings. The molecule has 4 rings (SSSR count). The van der Waals surface area contributed by atoms with E-state index in [1.54, 1.807) is 6.92 Å². The number of aliphatic hydroxyl groups excluding tert-OH is 2. The van der Waals surface area contributed by atoms with Crippen molar-refractivity contribution in [3.8, 4) is 11.5 Å². The molecule has 194 valence electrons. The molecule has 0 saturated carbocycles. The van der Waals surface area contributed by atoms with E-state index in [-0.39, 0.29) is 17.6 Å². The van der Waals surface area contributed by atoms with Gasteiger partial charge in [0, 0.05) is 18.4 Å². The number of ether oxygens (including phenoxy) is 3. The lowest BCUT2D eigenvalue weighted by Crippen LogP contribution is -2.59. The Bertz CT molecular complexity index is 1010. The van der Waals surface area contributed by atoms with Gasteiger partial charge >= 0.3 is 5.97 Å². The van der Waals surface area contributed by atoms with Crippen LogP contribution in [0.1, 0.15) is 101 Å². The number of benzene rings is 1. The quantitative estimate of drug-likeness (QED) is 0.422. The Morgan fingerprint density at radius 3 is 2.34 bits per heavy atom. The van der Waals surface area contributed by atoms with Crippen molar-refractivity contribution in [2.75, 3.05) is 0 Å². The highest BCUT2D eigenvalue weighted by molar-refractivity contribution is 5.66. The molecule has 7 nitrogen and oxygen atoms in total. The minimum Gasteiger partial charge on any atom is -0.504 e. The molecule has 3 N–H and O–H groups in total. The number of aliphatic hydroxyl groups is 2. The number of hydrogen-bond acceptors (Lipinski definition) is 7. The van der Waals surface area contributed by atoms with Crippen molar-refractivity contribution in [1.82, 2.24) is 0 Å². The fraction of sp³-hybridized carbons (Fsp3) is 0.679. The molecule has 1 heterocycles. The molecule has 0 bridgehead atoms. The molecule has 1 fully saturated rings. The van der Waals surface area contributed by atoms with Gasteiger partial charge in [-0.1, -0.05) is 25.5 Å². The number of phenolic OH excluding ortho intramolecular Hbond substituents is 1. The first-order chi connectivity index (χ1) is 16.4. The van der Waals surface area contributed by atoms with E-state index in [2.05, 4.69) is 33.8 Å². The van der Waals surface area contributed by atoms with Gasteiger partial charge in [-0.3, -0.25) is 4.79 Å². The van der Waals surface area contributed by atoms with Gasteiger partial charge in [0.2, 0.25) is 6.29 Å². The predicted molar refractivity (Wildman–Crippen MR) is 132 cm³/mol. The second-order valence-corrected chi connectivity index (χ2v) is 11.1. The summed E-state index contributed by atoms with van der Waals surface area (Å²) in [7, 11) is 0. The van der Waals surface area contributed by atoms with Crippen molar-refractivity contribution in [2.45, 2.75) is 116 Å². The third-order valence-electron chi connectivity index (χ3n) is 8.10. The molecular formula is C28H40O7. The lowest BCUT2D eigenvalue weighted by atomic mass is 9.62. The monoisotopic (exact) mass is 488 g/mol. The molecule has 3 aliphatic rings. The van der Waals surface area contributed by atoms with Crippen molar-refractivity contribution >= 4 is 5.97 Å². The third-order valence-corrected chi connectivity index (χ3v) is 8.10. The molecule has 2 aliphatic carbocycles. The summed E-state index contributed by atoms with van der Waals surface area (Å²) in [5.41, 5.74) is 5.50. The zero-order chi connectivity index (χ0) is 25.8. The van der Waals surface area contributed by atoms with Gasteiger partial charge in [0.25, 0.3) is 0 Å². The molecule has 1 aromatic carbocycles. The molecule has 9 atom stereocenters. The summed E-state index contributed by atoms with van der Waals surface area (Å²) in [5, 5.41) is 32.9. The number of phenols is 1. The first-order valence-corrected chi connectivity index (χ1v) is 12.8. The zero-order valence-corrected chi connectivity index (χ0v) is 21.9. The Labute approximate surface area is 208 Å². The van der Waals surface area contributed by atoms with E-state index in [0.29, 0.717) is 17.6 Å². The Morgan fingerprint density at radius 2 is 1.71 bits per heavy atom. The molecule has 0 unspecified atom stereocenters. The minimum atomic E-state index is -1.45. The normalized spacial score (nSPS) is 36.2. The van der Waals surface area contributed by atoms with E-state index in [1.807, 2.05) is 6.92 Å². The van der Waals surface area contributed by atoms with Crippen molar-refractivity contribution in [3.63, 3.8) is 0 Å². The first kappa shape index (κ1) is 26.0. The molecular weight excluding hydrogens is 448 g/mol. The maximum atomic E-state index is 11.4. The van der Waals surface area contributed by atoms with Crippen molar-refractivity contribution in [2.24, 2.45) is 5.92 Å². The summed E-state index contributed by atoms with van der Waals surface area (Å²) in [6.45, 7) is 13.5. The lowest BCUT2D eigenvalue weighted by molar-refractivity contribution is -0.272. The van der Waals surface area contributed by atoms with Crippen molar-refractivity contribution in [3.05, 3.63) is 33.9 Å². The standard InChI is InChI=1S/C28H40O7/c1-12(2)10-18-11-14(4)19-9-8-13(3)20-22(19)21(18)15(5)23(30)27(20)35-28-25(32)24(31)26(16(6)33-28)34-17(7)29/h10,13-14,16,18-19,24-26,28,30-32H,8-9,11H2,1-7H3/t13-,14+,16-,18+,19-,24-,25+,26-,28-/m1/s1. The summed E-state index contributed by atoms with van der Waals surface area (Å²) in [5.74, 6) is 1.10. The number of hydrogen-bond donors (Lipinski definition) is 3. The van der Waals surface area contributed by atoms with Gasteiger partial charge in [-0.05, 0) is 81.4 Å². The number of esters is 1. The Morgan fingerprint density at radius 1 is 1.03 bits per heavy atom. The Kier molecular flexibility index (Phi) is 7.24. The molecule has 1 saturated heterocycles. The lowest BCUT2D eigenvalue weighted by Gasteiger charge is -2.45. The minimum absolute atomic E-state index is 0.0630. The van der Waals surface area contributed by atoms with Crippen LogP contribution in [0.25, 0.3) is 0 Å². The van der Waals surface area contributed by atoms with Gasteiger partial charge in [-0.15, -0.1) is 0 Å². The molecule has 1 aliphatic heterocycles. The van der Waals surface area contributed by atoms with Gasteiger partial charge < -0.3 is 29.5 Å². The van der Waals surface area contributed by atoms with Gasteiger partial charge in [0.05, 0.1) is 6.10 Å². The molecule has 7 heteroatoms. The zero-order valence-electron chi connectivity index (χ0n) is 21.9. The van der Waals surface area contributed by atoms with Crippen LogP contribution in [0, 0.1) is 12.8 Å². The average Bonchev–Trinajstić information content (AvgIpc) is 2.76. The third kappa shape index (κ3) is 4.58. The number of aromatic hydroxyl groups is 1. The van der Waals surface area contributed by atoms with Crippen molar-refractivity contribution in [1.29, 1.82) is 0 Å². The molecule has 0 amide bonds. The highest BCUT2D eigenvalue weighted by Crippen LogP contribution is 2.58. The summed E-state index contributed by atoms with van der Waals surface area (Å²) < 4.78 is 17.3. The van der Waals surface area contributed by atoms with Gasteiger partial charge in [0.15, 0.2) is 17.6 Å². The maximum Gasteiger partial charge on any atom is 0.303 e. The van der Waals surface area contributed by atoms with Crippen LogP contribution in [0.5, 0.6) is 11.5 Å². The number of carbonyl (C=O) groups is 1. The van der Waals surface area contributed by atoms with E-state index >= 15 is 0 Å². The molecule has 0 radical (unpaired) electrons. The van der Waals surface area contributed by atoms with Crippen LogP contribution in [-0.2, 0) is 14.3 Å². The van der Waals surface area contributed by atoms with Gasteiger partial charge in [0.1, 0.15) is 12.2 Å². The van der Waals surface area contributed by atoms with Crippen LogP contribution in [0.2, 0.25) is 0 Å². The number of carbonyl (C=O) groups excluding carboxylic acids is 1. The van der Waals surface area contributed by atoms with E-state index in [1.165, 1.54) is 23.6 Å². The summed E-state index contributed by atoms with van der Waals surface area (Å²) in [6.07, 6.45) is -0.333. The van der Waals surface area contributed by atoms with Crippen LogP contribution in [0.4, 0.5) is 0 Å². The van der Waals surface area contributed by atoms with E-state index in [0.717, 1.165) is 30.4 Å². The topological polar surface area (TPSA) is 105 Å². The highest BCUT2D eigenvalue weighted by atomic mass is 16.7. The van der Waals surface area contributed by atoms with Gasteiger partial charge in [-0.25, -0.2) is 0 Å². The van der Waals surface area contributed by atoms with E-state index in [4.69, 9.17) is 14.2 Å². The Balaban J connectivity index is 1.79. The first-order valence-electron chi connectivity index (χ1n) is 12.8. The molecule has 0 aromatic heterocycles. The molecule has 0 spiro atoms. The maximum absolute atomic E-state index is 11.4. The smallest absolute Gasteiger partial charge is 0.303 e. The largest absolute Gasteiger partial charge is 0.504 e.